The Kier molecular flexibility index (Phi) is 6.50. The molecule has 1 saturated carbocycles. The summed E-state index contributed by atoms with van der Waals surface area (Å²) in [6, 6.07) is 14.6. The van der Waals surface area contributed by atoms with Crippen molar-refractivity contribution >= 4 is 28.8 Å². The van der Waals surface area contributed by atoms with Gasteiger partial charge in [-0.25, -0.2) is 9.78 Å². The van der Waals surface area contributed by atoms with E-state index in [2.05, 4.69) is 34.9 Å². The summed E-state index contributed by atoms with van der Waals surface area (Å²) in [5.74, 6) is -0.0250. The van der Waals surface area contributed by atoms with Crippen LogP contribution in [0.15, 0.2) is 42.5 Å². The summed E-state index contributed by atoms with van der Waals surface area (Å²) in [6.07, 6.45) is 6.20. The quantitative estimate of drug-likeness (QED) is 0.523. The Morgan fingerprint density at radius 3 is 2.63 bits per heavy atom. The number of anilines is 1. The van der Waals surface area contributed by atoms with Gasteiger partial charge in [-0.05, 0) is 63.1 Å². The van der Waals surface area contributed by atoms with E-state index in [0.717, 1.165) is 73.1 Å². The van der Waals surface area contributed by atoms with E-state index in [1.54, 1.807) is 4.90 Å². The lowest BCUT2D eigenvalue weighted by Crippen LogP contribution is -2.42. The molecule has 2 aromatic carbocycles. The van der Waals surface area contributed by atoms with Gasteiger partial charge in [0.1, 0.15) is 5.82 Å². The van der Waals surface area contributed by atoms with Crippen LogP contribution in [0.5, 0.6) is 0 Å². The molecule has 1 fully saturated rings. The molecule has 2 heterocycles. The van der Waals surface area contributed by atoms with Gasteiger partial charge in [0, 0.05) is 24.1 Å². The van der Waals surface area contributed by atoms with Crippen LogP contribution in [-0.2, 0) is 28.8 Å². The molecule has 1 aromatic heterocycles. The Hall–Kier alpha value is -3.35. The second-order valence-corrected chi connectivity index (χ2v) is 9.90. The number of carboxylic acid groups (broad SMARTS) is 1. The smallest absolute Gasteiger partial charge is 0.414 e. The lowest BCUT2D eigenvalue weighted by atomic mass is 9.85. The van der Waals surface area contributed by atoms with Crippen molar-refractivity contribution in [3.63, 3.8) is 0 Å². The molecular weight excluding hydrogens is 442 g/mol. The van der Waals surface area contributed by atoms with Crippen molar-refractivity contribution in [2.24, 2.45) is 5.92 Å². The molecule has 3 aromatic rings. The van der Waals surface area contributed by atoms with Crippen LogP contribution in [0.25, 0.3) is 11.0 Å². The van der Waals surface area contributed by atoms with Crippen molar-refractivity contribution in [1.29, 1.82) is 0 Å². The SMILES string of the molecule is COC(=O)N1c2ccc3c(nc(CCc4ccccc4)n3[C@H]3CCC[C@@H](C(=O)O)C3)c2CCC1C. The molecule has 1 N–H and O–H groups in total. The molecule has 184 valence electrons. The molecule has 7 heteroatoms. The first kappa shape index (κ1) is 23.4. The van der Waals surface area contributed by atoms with Gasteiger partial charge in [-0.2, -0.15) is 0 Å². The summed E-state index contributed by atoms with van der Waals surface area (Å²) >= 11 is 0. The van der Waals surface area contributed by atoms with Crippen LogP contribution >= 0.6 is 0 Å². The topological polar surface area (TPSA) is 84.7 Å². The number of imidazole rings is 1. The van der Waals surface area contributed by atoms with Gasteiger partial charge in [0.25, 0.3) is 0 Å². The molecule has 1 amide bonds. The Morgan fingerprint density at radius 2 is 1.89 bits per heavy atom. The molecular formula is C28H33N3O4. The van der Waals surface area contributed by atoms with Crippen LogP contribution in [0.4, 0.5) is 10.5 Å². The molecule has 0 bridgehead atoms. The Morgan fingerprint density at radius 1 is 1.09 bits per heavy atom. The largest absolute Gasteiger partial charge is 0.481 e. The molecule has 2 aliphatic rings. The second kappa shape index (κ2) is 9.72. The van der Waals surface area contributed by atoms with E-state index < -0.39 is 5.97 Å². The minimum absolute atomic E-state index is 0.0571. The zero-order valence-electron chi connectivity index (χ0n) is 20.4. The summed E-state index contributed by atoms with van der Waals surface area (Å²) in [6.45, 7) is 2.04. The van der Waals surface area contributed by atoms with Gasteiger partial charge in [0.05, 0.1) is 29.7 Å². The lowest BCUT2D eigenvalue weighted by molar-refractivity contribution is -0.143. The van der Waals surface area contributed by atoms with Gasteiger partial charge in [-0.15, -0.1) is 0 Å². The average molecular weight is 476 g/mol. The highest BCUT2D eigenvalue weighted by Gasteiger charge is 2.34. The second-order valence-electron chi connectivity index (χ2n) is 9.90. The highest BCUT2D eigenvalue weighted by atomic mass is 16.5. The molecule has 7 nitrogen and oxygen atoms in total. The predicted molar refractivity (Wildman–Crippen MR) is 135 cm³/mol. The lowest BCUT2D eigenvalue weighted by Gasteiger charge is -2.34. The molecule has 1 aliphatic carbocycles. The number of fused-ring (bicyclic) bond motifs is 3. The maximum Gasteiger partial charge on any atom is 0.414 e. The highest BCUT2D eigenvalue weighted by molar-refractivity contribution is 5.95. The normalized spacial score (nSPS) is 22.1. The minimum atomic E-state index is -0.704. The maximum atomic E-state index is 12.6. The molecule has 5 rings (SSSR count). The summed E-state index contributed by atoms with van der Waals surface area (Å²) in [7, 11) is 1.42. The Balaban J connectivity index is 1.60. The number of benzene rings is 2. The Bertz CT molecular complexity index is 1240. The van der Waals surface area contributed by atoms with Crippen molar-refractivity contribution in [3.05, 3.63) is 59.4 Å². The monoisotopic (exact) mass is 475 g/mol. The Labute approximate surface area is 205 Å². The standard InChI is InChI=1S/C28H33N3O4/c1-18-11-13-22-23(30(18)28(34)35-2)14-15-24-26(22)29-25(16-12-19-7-4-3-5-8-19)31(24)21-10-6-9-20(17-21)27(32)33/h3-5,7-8,14-15,18,20-21H,6,9-13,16-17H2,1-2H3,(H,32,33)/t18?,20-,21+/m1/s1. The molecule has 1 unspecified atom stereocenters. The molecule has 1 aliphatic heterocycles. The van der Waals surface area contributed by atoms with E-state index in [9.17, 15) is 14.7 Å². The molecule has 0 spiro atoms. The van der Waals surface area contributed by atoms with Crippen molar-refractivity contribution < 1.29 is 19.4 Å². The number of rotatable bonds is 5. The van der Waals surface area contributed by atoms with E-state index >= 15 is 0 Å². The third-order valence-corrected chi connectivity index (χ3v) is 7.74. The number of carbonyl (C=O) groups is 2. The number of aryl methyl sites for hydroxylation is 3. The first-order chi connectivity index (χ1) is 17.0. The number of nitrogens with zero attached hydrogens (tertiary/aromatic N) is 3. The number of methoxy groups -OCH3 is 1. The van der Waals surface area contributed by atoms with Gasteiger partial charge in [-0.3, -0.25) is 9.69 Å². The zero-order valence-corrected chi connectivity index (χ0v) is 20.4. The molecule has 3 atom stereocenters. The number of amides is 1. The van der Waals surface area contributed by atoms with Crippen LogP contribution in [-0.4, -0.2) is 39.9 Å². The number of carbonyl (C=O) groups excluding carboxylic acids is 1. The van der Waals surface area contributed by atoms with Crippen molar-refractivity contribution in [1.82, 2.24) is 9.55 Å². The number of hydrogen-bond acceptors (Lipinski definition) is 4. The first-order valence-electron chi connectivity index (χ1n) is 12.6. The van der Waals surface area contributed by atoms with E-state index in [-0.39, 0.29) is 24.1 Å². The van der Waals surface area contributed by atoms with E-state index in [0.29, 0.717) is 6.42 Å². The van der Waals surface area contributed by atoms with Gasteiger partial charge in [0.15, 0.2) is 0 Å². The van der Waals surface area contributed by atoms with Crippen LogP contribution in [0.1, 0.15) is 62.0 Å². The minimum Gasteiger partial charge on any atom is -0.481 e. The molecule has 0 saturated heterocycles. The highest BCUT2D eigenvalue weighted by Crippen LogP contribution is 2.40. The zero-order chi connectivity index (χ0) is 24.5. The fraction of sp³-hybridized carbons (Fsp3) is 0.464. The number of ether oxygens (including phenoxy) is 1. The number of aromatic nitrogens is 2. The summed E-state index contributed by atoms with van der Waals surface area (Å²) in [5, 5.41) is 9.70. The molecule has 35 heavy (non-hydrogen) atoms. The van der Waals surface area contributed by atoms with Crippen LogP contribution in [0.3, 0.4) is 0 Å². The predicted octanol–water partition coefficient (Wildman–Crippen LogP) is 5.54. The van der Waals surface area contributed by atoms with E-state index in [1.165, 1.54) is 12.7 Å². The van der Waals surface area contributed by atoms with Crippen LogP contribution in [0.2, 0.25) is 0 Å². The van der Waals surface area contributed by atoms with Crippen LogP contribution in [0, 0.1) is 5.92 Å². The summed E-state index contributed by atoms with van der Waals surface area (Å²) in [4.78, 5) is 31.3. The summed E-state index contributed by atoms with van der Waals surface area (Å²) in [5.41, 5.74) is 5.18. The van der Waals surface area contributed by atoms with E-state index in [1.807, 2.05) is 19.1 Å². The number of carboxylic acids is 1. The van der Waals surface area contributed by atoms with Crippen LogP contribution < -0.4 is 4.90 Å². The first-order valence-corrected chi connectivity index (χ1v) is 12.6. The summed E-state index contributed by atoms with van der Waals surface area (Å²) < 4.78 is 7.39. The van der Waals surface area contributed by atoms with Gasteiger partial charge in [-0.1, -0.05) is 36.8 Å². The molecule has 0 radical (unpaired) electrons. The van der Waals surface area contributed by atoms with Crippen molar-refractivity contribution in [3.8, 4) is 0 Å². The van der Waals surface area contributed by atoms with Gasteiger partial charge < -0.3 is 14.4 Å². The average Bonchev–Trinajstić information content (AvgIpc) is 3.26. The van der Waals surface area contributed by atoms with Gasteiger partial charge >= 0.3 is 12.1 Å². The van der Waals surface area contributed by atoms with E-state index in [4.69, 9.17) is 9.72 Å². The maximum absolute atomic E-state index is 12.6. The van der Waals surface area contributed by atoms with Crippen molar-refractivity contribution in [2.45, 2.75) is 70.4 Å². The third kappa shape index (κ3) is 4.40. The third-order valence-electron chi connectivity index (χ3n) is 7.74. The fourth-order valence-electron chi connectivity index (χ4n) is 5.93. The van der Waals surface area contributed by atoms with Gasteiger partial charge in [0.2, 0.25) is 0 Å². The number of aliphatic carboxylic acids is 1. The number of hydrogen-bond donors (Lipinski definition) is 1. The van der Waals surface area contributed by atoms with Crippen molar-refractivity contribution in [2.75, 3.05) is 12.0 Å². The fourth-order valence-corrected chi connectivity index (χ4v) is 5.93.